The molecule has 0 aliphatic rings. The molecule has 11 nitrogen and oxygen atoms in total. The fourth-order valence-corrected chi connectivity index (χ4v) is 3.23. The van der Waals surface area contributed by atoms with Gasteiger partial charge in [-0.05, 0) is 12.1 Å². The summed E-state index contributed by atoms with van der Waals surface area (Å²) in [7, 11) is -2.35. The number of hydrogen-bond acceptors (Lipinski definition) is 9. The monoisotopic (exact) mass is 481 g/mol. The van der Waals surface area contributed by atoms with Crippen LogP contribution in [-0.4, -0.2) is 38.3 Å². The van der Waals surface area contributed by atoms with Crippen LogP contribution in [0.25, 0.3) is 22.8 Å². The van der Waals surface area contributed by atoms with Crippen molar-refractivity contribution in [3.8, 4) is 28.7 Å². The summed E-state index contributed by atoms with van der Waals surface area (Å²) in [5, 5.41) is 13.1. The number of sulfonamides is 1. The number of alkyl halides is 3. The zero-order valence-electron chi connectivity index (χ0n) is 16.7. The van der Waals surface area contributed by atoms with Crippen molar-refractivity contribution in [2.75, 3.05) is 0 Å². The molecule has 0 spiro atoms. The van der Waals surface area contributed by atoms with Crippen LogP contribution in [-0.2, 0) is 29.9 Å². The summed E-state index contributed by atoms with van der Waals surface area (Å²) in [6.07, 6.45) is 0.0426. The van der Waals surface area contributed by atoms with E-state index in [-0.39, 0.29) is 34.7 Å². The van der Waals surface area contributed by atoms with E-state index in [1.165, 1.54) is 23.1 Å². The molecular formula is C18H14F3N7O4S. The lowest BCUT2D eigenvalue weighted by Gasteiger charge is -2.09. The van der Waals surface area contributed by atoms with Crippen LogP contribution in [0.3, 0.4) is 0 Å². The highest BCUT2D eigenvalue weighted by Gasteiger charge is 2.30. The zero-order chi connectivity index (χ0) is 23.8. The van der Waals surface area contributed by atoms with E-state index in [0.717, 1.165) is 18.3 Å². The number of halogens is 3. The summed E-state index contributed by atoms with van der Waals surface area (Å²) in [6, 6.07) is 3.22. The maximum atomic E-state index is 12.7. The molecule has 4 aromatic rings. The molecule has 0 radical (unpaired) electrons. The molecule has 0 aromatic carbocycles. The molecule has 0 amide bonds. The van der Waals surface area contributed by atoms with E-state index >= 15 is 0 Å². The number of nitrogens with two attached hydrogens (primary N) is 1. The van der Waals surface area contributed by atoms with E-state index < -0.39 is 21.8 Å². The van der Waals surface area contributed by atoms with Gasteiger partial charge in [0.1, 0.15) is 11.5 Å². The zero-order valence-corrected chi connectivity index (χ0v) is 17.5. The SMILES string of the molecule is Cn1ncc(-c2nc(-c3cncc(S(N)(=O)=O)c3)no2)c1COc1ccc(C(F)(F)F)cn1. The summed E-state index contributed by atoms with van der Waals surface area (Å²) in [4.78, 5) is 11.5. The molecule has 4 heterocycles. The van der Waals surface area contributed by atoms with Crippen LogP contribution in [0.15, 0.2) is 52.4 Å². The first kappa shape index (κ1) is 22.3. The molecule has 172 valence electrons. The number of pyridine rings is 2. The standard InChI is InChI=1S/C18H14F3N7O4S/c1-28-14(9-31-15-3-2-11(6-24-15)18(19,20)21)13(8-25-28)17-26-16(27-32-17)10-4-12(7-23-5-10)33(22,29)30/h2-8H,9H2,1H3,(H2,22,29,30). The van der Waals surface area contributed by atoms with Crippen LogP contribution < -0.4 is 9.88 Å². The average molecular weight is 481 g/mol. The van der Waals surface area contributed by atoms with Gasteiger partial charge in [-0.1, -0.05) is 5.16 Å². The Morgan fingerprint density at radius 1 is 1.18 bits per heavy atom. The quantitative estimate of drug-likeness (QED) is 0.437. The molecule has 0 atom stereocenters. The Kier molecular flexibility index (Phi) is 5.59. The van der Waals surface area contributed by atoms with Gasteiger partial charge in [0, 0.05) is 37.3 Å². The third-order valence-electron chi connectivity index (χ3n) is 4.44. The molecule has 0 aliphatic heterocycles. The largest absolute Gasteiger partial charge is 0.471 e. The van der Waals surface area contributed by atoms with Crippen LogP contribution in [0.2, 0.25) is 0 Å². The number of primary sulfonamides is 1. The number of ether oxygens (including phenoxy) is 1. The summed E-state index contributed by atoms with van der Waals surface area (Å²) >= 11 is 0. The highest BCUT2D eigenvalue weighted by molar-refractivity contribution is 7.89. The second kappa shape index (κ2) is 8.25. The number of rotatable bonds is 6. The molecule has 0 unspecified atom stereocenters. The van der Waals surface area contributed by atoms with E-state index in [1.807, 2.05) is 0 Å². The van der Waals surface area contributed by atoms with Crippen LogP contribution in [0.1, 0.15) is 11.3 Å². The van der Waals surface area contributed by atoms with Crippen molar-refractivity contribution in [3.05, 3.63) is 54.2 Å². The lowest BCUT2D eigenvalue weighted by Crippen LogP contribution is -2.12. The lowest BCUT2D eigenvalue weighted by molar-refractivity contribution is -0.137. The second-order valence-electron chi connectivity index (χ2n) is 6.68. The highest BCUT2D eigenvalue weighted by Crippen LogP contribution is 2.30. The molecule has 33 heavy (non-hydrogen) atoms. The van der Waals surface area contributed by atoms with Gasteiger partial charge in [0.05, 0.1) is 23.0 Å². The van der Waals surface area contributed by atoms with Gasteiger partial charge in [-0.3, -0.25) is 9.67 Å². The summed E-state index contributed by atoms with van der Waals surface area (Å²) in [5.74, 6) is 0.0912. The van der Waals surface area contributed by atoms with E-state index in [4.69, 9.17) is 14.4 Å². The van der Waals surface area contributed by atoms with E-state index in [2.05, 4.69) is 25.2 Å². The summed E-state index contributed by atoms with van der Waals surface area (Å²) in [6.45, 7) is -0.107. The maximum Gasteiger partial charge on any atom is 0.417 e. The van der Waals surface area contributed by atoms with E-state index in [9.17, 15) is 21.6 Å². The van der Waals surface area contributed by atoms with Crippen molar-refractivity contribution < 1.29 is 30.8 Å². The smallest absolute Gasteiger partial charge is 0.417 e. The maximum absolute atomic E-state index is 12.7. The van der Waals surface area contributed by atoms with Crippen molar-refractivity contribution in [3.63, 3.8) is 0 Å². The molecule has 0 aliphatic carbocycles. The summed E-state index contributed by atoms with van der Waals surface area (Å²) in [5.41, 5.74) is 0.240. The molecule has 0 bridgehead atoms. The third kappa shape index (κ3) is 4.83. The molecule has 2 N–H and O–H groups in total. The van der Waals surface area contributed by atoms with Crippen molar-refractivity contribution in [2.24, 2.45) is 12.2 Å². The molecule has 0 saturated carbocycles. The first-order chi connectivity index (χ1) is 15.5. The minimum atomic E-state index is -4.50. The predicted octanol–water partition coefficient (Wildman–Crippen LogP) is 2.17. The molecular weight excluding hydrogens is 467 g/mol. The number of nitrogens with zero attached hydrogens (tertiary/aromatic N) is 6. The summed E-state index contributed by atoms with van der Waals surface area (Å²) < 4.78 is 73.3. The van der Waals surface area contributed by atoms with Crippen molar-refractivity contribution >= 4 is 10.0 Å². The van der Waals surface area contributed by atoms with Crippen LogP contribution >= 0.6 is 0 Å². The Balaban J connectivity index is 1.56. The van der Waals surface area contributed by atoms with Gasteiger partial charge in [-0.25, -0.2) is 18.5 Å². The Bertz CT molecular complexity index is 1400. The van der Waals surface area contributed by atoms with Crippen molar-refractivity contribution in [2.45, 2.75) is 17.7 Å². The normalized spacial score (nSPS) is 12.2. The number of hydrogen-bond donors (Lipinski definition) is 1. The fraction of sp³-hybridized carbons (Fsp3) is 0.167. The van der Waals surface area contributed by atoms with Gasteiger partial charge < -0.3 is 9.26 Å². The van der Waals surface area contributed by atoms with Gasteiger partial charge >= 0.3 is 6.18 Å². The number of aryl methyl sites for hydroxylation is 1. The topological polar surface area (TPSA) is 152 Å². The second-order valence-corrected chi connectivity index (χ2v) is 8.24. The van der Waals surface area contributed by atoms with Crippen LogP contribution in [0.5, 0.6) is 5.88 Å². The predicted molar refractivity (Wildman–Crippen MR) is 105 cm³/mol. The Morgan fingerprint density at radius 3 is 2.64 bits per heavy atom. The van der Waals surface area contributed by atoms with Gasteiger partial charge in [-0.15, -0.1) is 0 Å². The first-order valence-corrected chi connectivity index (χ1v) is 10.6. The average Bonchev–Trinajstić information content (AvgIpc) is 3.38. The van der Waals surface area contributed by atoms with Gasteiger partial charge in [-0.2, -0.15) is 23.3 Å². The molecule has 4 aromatic heterocycles. The Hall–Kier alpha value is -3.85. The minimum absolute atomic E-state index is 0.0211. The van der Waals surface area contributed by atoms with E-state index in [0.29, 0.717) is 17.5 Å². The van der Waals surface area contributed by atoms with E-state index in [1.54, 1.807) is 7.05 Å². The van der Waals surface area contributed by atoms with Crippen molar-refractivity contribution in [1.82, 2.24) is 29.9 Å². The highest BCUT2D eigenvalue weighted by atomic mass is 32.2. The Labute approximate surface area is 184 Å². The number of aromatic nitrogens is 6. The molecule has 15 heteroatoms. The van der Waals surface area contributed by atoms with Crippen molar-refractivity contribution in [1.29, 1.82) is 0 Å². The molecule has 4 rings (SSSR count). The van der Waals surface area contributed by atoms with Gasteiger partial charge in [0.2, 0.25) is 21.7 Å². The minimum Gasteiger partial charge on any atom is -0.471 e. The molecule has 0 saturated heterocycles. The Morgan fingerprint density at radius 2 is 1.97 bits per heavy atom. The van der Waals surface area contributed by atoms with Gasteiger partial charge in [0.25, 0.3) is 5.89 Å². The van der Waals surface area contributed by atoms with Crippen LogP contribution in [0.4, 0.5) is 13.2 Å². The van der Waals surface area contributed by atoms with Crippen LogP contribution in [0, 0.1) is 0 Å². The van der Waals surface area contributed by atoms with Gasteiger partial charge in [0.15, 0.2) is 0 Å². The molecule has 0 fully saturated rings. The fourth-order valence-electron chi connectivity index (χ4n) is 2.74. The first-order valence-electron chi connectivity index (χ1n) is 9.01. The third-order valence-corrected chi connectivity index (χ3v) is 5.32. The lowest BCUT2D eigenvalue weighted by atomic mass is 10.2.